The Balaban J connectivity index is 1.33. The average molecular weight is 862 g/mol. The Kier molecular flexibility index (Phi) is 18.7. The van der Waals surface area contributed by atoms with E-state index >= 15 is 0 Å². The van der Waals surface area contributed by atoms with E-state index in [2.05, 4.69) is 67.6 Å². The van der Waals surface area contributed by atoms with Crippen molar-refractivity contribution in [1.29, 1.82) is 0 Å². The van der Waals surface area contributed by atoms with Crippen LogP contribution in [0.1, 0.15) is 83.0 Å². The van der Waals surface area contributed by atoms with E-state index in [1.54, 1.807) is 6.20 Å². The summed E-state index contributed by atoms with van der Waals surface area (Å²) in [6.45, 7) is 8.14. The molecule has 1 heterocycles. The molecule has 0 aliphatic heterocycles. The van der Waals surface area contributed by atoms with Crippen LogP contribution in [0.25, 0.3) is 21.5 Å². The van der Waals surface area contributed by atoms with Crippen LogP contribution in [0.4, 0.5) is 0 Å². The molecule has 338 valence electrons. The molecule has 9 N–H and O–H groups in total. The highest BCUT2D eigenvalue weighted by molar-refractivity contribution is 5.92. The lowest BCUT2D eigenvalue weighted by Crippen LogP contribution is -2.55. The molecule has 13 nitrogen and oxygen atoms in total. The molecule has 0 aliphatic rings. The van der Waals surface area contributed by atoms with E-state index in [0.717, 1.165) is 39.1 Å². The number of aliphatic hydroxyl groups is 2. The van der Waals surface area contributed by atoms with Gasteiger partial charge in [-0.05, 0) is 83.0 Å². The lowest BCUT2D eigenvalue weighted by molar-refractivity contribution is -0.133. The van der Waals surface area contributed by atoms with Crippen molar-refractivity contribution < 1.29 is 29.4 Å². The number of rotatable bonds is 25. The first-order valence-corrected chi connectivity index (χ1v) is 22.4. The van der Waals surface area contributed by atoms with Gasteiger partial charge in [-0.3, -0.25) is 19.2 Å². The standard InChI is InChI=1S/C50H67N7O6/c1-32(2)23-43(46(59)28-47(60)55-44(24-33(3)4)49(62)53-22-10-9-19-39(51)30-58)56-50(63)45(27-40-29-52-31-54-40)57-48(61)38(25-36-17-11-15-34-13-5-7-20-41(34)36)26-37-18-12-16-35-14-6-8-21-42(35)37/h5-8,11-18,20-21,29,31-33,38-39,43-46,58-59H,9-10,19,22-28,30,51H2,1-4H3,(H,52,54)(H,53,62)(H,55,60)(H,56,63)(H,57,61). The number of imidazole rings is 1. The van der Waals surface area contributed by atoms with Crippen molar-refractivity contribution in [2.24, 2.45) is 23.5 Å². The minimum Gasteiger partial charge on any atom is -0.395 e. The Morgan fingerprint density at radius 3 is 1.87 bits per heavy atom. The molecule has 0 bridgehead atoms. The molecule has 5 atom stereocenters. The van der Waals surface area contributed by atoms with Gasteiger partial charge in [0.15, 0.2) is 0 Å². The molecular weight excluding hydrogens is 795 g/mol. The largest absolute Gasteiger partial charge is 0.395 e. The molecule has 4 aromatic carbocycles. The fourth-order valence-electron chi connectivity index (χ4n) is 8.19. The fourth-order valence-corrected chi connectivity index (χ4v) is 8.19. The summed E-state index contributed by atoms with van der Waals surface area (Å²) in [6.07, 6.45) is 5.24. The summed E-state index contributed by atoms with van der Waals surface area (Å²) < 4.78 is 0. The van der Waals surface area contributed by atoms with Crippen molar-refractivity contribution in [3.8, 4) is 0 Å². The number of nitrogens with two attached hydrogens (primary N) is 1. The molecule has 63 heavy (non-hydrogen) atoms. The number of nitrogens with one attached hydrogen (secondary N) is 5. The van der Waals surface area contributed by atoms with Gasteiger partial charge in [-0.2, -0.15) is 0 Å². The Morgan fingerprint density at radius 1 is 0.698 bits per heavy atom. The first-order valence-electron chi connectivity index (χ1n) is 22.4. The van der Waals surface area contributed by atoms with E-state index in [9.17, 15) is 24.3 Å². The Hall–Kier alpha value is -5.63. The van der Waals surface area contributed by atoms with Gasteiger partial charge in [0.2, 0.25) is 23.6 Å². The molecule has 0 saturated heterocycles. The van der Waals surface area contributed by atoms with Gasteiger partial charge in [-0.15, -0.1) is 0 Å². The first-order chi connectivity index (χ1) is 30.3. The third-order valence-electron chi connectivity index (χ3n) is 11.5. The zero-order valence-electron chi connectivity index (χ0n) is 37.2. The summed E-state index contributed by atoms with van der Waals surface area (Å²) in [4.78, 5) is 63.0. The molecule has 0 saturated carbocycles. The third-order valence-corrected chi connectivity index (χ3v) is 11.5. The number of aromatic nitrogens is 2. The number of amides is 4. The summed E-state index contributed by atoms with van der Waals surface area (Å²) in [5.74, 6) is -2.06. The van der Waals surface area contributed by atoms with Gasteiger partial charge < -0.3 is 42.2 Å². The number of nitrogens with zero attached hydrogens (tertiary/aromatic N) is 1. The lowest BCUT2D eigenvalue weighted by Gasteiger charge is -2.29. The highest BCUT2D eigenvalue weighted by atomic mass is 16.3. The number of aliphatic hydroxyl groups excluding tert-OH is 2. The second-order valence-electron chi connectivity index (χ2n) is 17.7. The number of carbonyl (C=O) groups is 4. The van der Waals surface area contributed by atoms with Gasteiger partial charge in [-0.1, -0.05) is 119 Å². The van der Waals surface area contributed by atoms with Crippen LogP contribution >= 0.6 is 0 Å². The topological polar surface area (TPSA) is 212 Å². The third kappa shape index (κ3) is 15.0. The predicted molar refractivity (Wildman–Crippen MR) is 248 cm³/mol. The second kappa shape index (κ2) is 24.3. The molecule has 13 heteroatoms. The average Bonchev–Trinajstić information content (AvgIpc) is 3.78. The van der Waals surface area contributed by atoms with Crippen molar-refractivity contribution in [1.82, 2.24) is 31.2 Å². The normalized spacial score (nSPS) is 14.1. The molecule has 0 spiro atoms. The van der Waals surface area contributed by atoms with Crippen molar-refractivity contribution in [3.05, 3.63) is 114 Å². The van der Waals surface area contributed by atoms with Gasteiger partial charge >= 0.3 is 0 Å². The zero-order valence-corrected chi connectivity index (χ0v) is 37.2. The summed E-state index contributed by atoms with van der Waals surface area (Å²) in [5.41, 5.74) is 8.47. The van der Waals surface area contributed by atoms with E-state index < -0.39 is 42.0 Å². The van der Waals surface area contributed by atoms with Crippen LogP contribution < -0.4 is 27.0 Å². The van der Waals surface area contributed by atoms with Crippen LogP contribution in [0, 0.1) is 17.8 Å². The zero-order chi connectivity index (χ0) is 45.3. The Morgan fingerprint density at radius 2 is 1.30 bits per heavy atom. The fraction of sp³-hybridized carbons (Fsp3) is 0.460. The molecule has 5 aromatic rings. The molecular formula is C50H67N7O6. The van der Waals surface area contributed by atoms with E-state index in [1.165, 1.54) is 6.33 Å². The number of benzene rings is 4. The van der Waals surface area contributed by atoms with Crippen LogP contribution in [0.15, 0.2) is 97.5 Å². The second-order valence-corrected chi connectivity index (χ2v) is 17.7. The monoisotopic (exact) mass is 862 g/mol. The minimum absolute atomic E-state index is 0.0332. The van der Waals surface area contributed by atoms with E-state index in [1.807, 2.05) is 76.2 Å². The molecule has 5 unspecified atom stereocenters. The molecule has 4 amide bonds. The summed E-state index contributed by atoms with van der Waals surface area (Å²) in [5, 5.41) is 36.8. The maximum atomic E-state index is 14.7. The van der Waals surface area contributed by atoms with Crippen LogP contribution in [0.3, 0.4) is 0 Å². The maximum absolute atomic E-state index is 14.7. The van der Waals surface area contributed by atoms with E-state index in [0.29, 0.717) is 50.8 Å². The Labute approximate surface area is 371 Å². The van der Waals surface area contributed by atoms with Crippen molar-refractivity contribution in [2.45, 2.75) is 116 Å². The number of unbranched alkanes of at least 4 members (excludes halogenated alkanes) is 1. The molecule has 1 aromatic heterocycles. The summed E-state index contributed by atoms with van der Waals surface area (Å²) in [6, 6.07) is 25.4. The quantitative estimate of drug-likeness (QED) is 0.0362. The number of aromatic amines is 1. The van der Waals surface area contributed by atoms with Crippen LogP contribution in [-0.4, -0.2) is 87.2 Å². The van der Waals surface area contributed by atoms with Crippen molar-refractivity contribution >= 4 is 45.2 Å². The highest BCUT2D eigenvalue weighted by Gasteiger charge is 2.32. The lowest BCUT2D eigenvalue weighted by atomic mass is 9.87. The van der Waals surface area contributed by atoms with Crippen molar-refractivity contribution in [2.75, 3.05) is 13.2 Å². The SMILES string of the molecule is CC(C)CC(NC(=O)CC(O)C(CC(C)C)NC(=O)C(Cc1cnc[nH]1)NC(=O)C(Cc1cccc2ccccc12)Cc1cccc2ccccc12)C(=O)NCCCCC(N)CO. The molecule has 0 radical (unpaired) electrons. The summed E-state index contributed by atoms with van der Waals surface area (Å²) in [7, 11) is 0. The smallest absolute Gasteiger partial charge is 0.243 e. The highest BCUT2D eigenvalue weighted by Crippen LogP contribution is 2.27. The maximum Gasteiger partial charge on any atom is 0.243 e. The first kappa shape index (κ1) is 48.4. The van der Waals surface area contributed by atoms with Gasteiger partial charge in [0, 0.05) is 36.8 Å². The number of fused-ring (bicyclic) bond motifs is 2. The minimum atomic E-state index is -1.29. The molecule has 5 rings (SSSR count). The van der Waals surface area contributed by atoms with Gasteiger partial charge in [-0.25, -0.2) is 4.98 Å². The van der Waals surface area contributed by atoms with Crippen LogP contribution in [-0.2, 0) is 38.4 Å². The Bertz CT molecular complexity index is 2140. The number of hydrogen-bond donors (Lipinski definition) is 8. The van der Waals surface area contributed by atoms with Crippen molar-refractivity contribution in [3.63, 3.8) is 0 Å². The van der Waals surface area contributed by atoms with Gasteiger partial charge in [0.25, 0.3) is 0 Å². The summed E-state index contributed by atoms with van der Waals surface area (Å²) >= 11 is 0. The van der Waals surface area contributed by atoms with Gasteiger partial charge in [0.05, 0.1) is 31.5 Å². The van der Waals surface area contributed by atoms with Crippen LogP contribution in [0.2, 0.25) is 0 Å². The number of H-pyrrole nitrogens is 1. The van der Waals surface area contributed by atoms with Gasteiger partial charge in [0.1, 0.15) is 12.1 Å². The van der Waals surface area contributed by atoms with E-state index in [-0.39, 0.29) is 49.1 Å². The van der Waals surface area contributed by atoms with Crippen LogP contribution in [0.5, 0.6) is 0 Å². The molecule has 0 fully saturated rings. The van der Waals surface area contributed by atoms with E-state index in [4.69, 9.17) is 10.8 Å². The molecule has 0 aliphatic carbocycles. The predicted octanol–water partition coefficient (Wildman–Crippen LogP) is 5.26. The number of carbonyl (C=O) groups excluding carboxylic acids is 4. The number of hydrogen-bond acceptors (Lipinski definition) is 8.